The number of hydrogen-bond donors (Lipinski definition) is 1. The van der Waals surface area contributed by atoms with E-state index in [0.29, 0.717) is 25.3 Å². The average Bonchev–Trinajstić information content (AvgIpc) is 3.31. The molecule has 0 unspecified atom stereocenters. The van der Waals surface area contributed by atoms with Gasteiger partial charge in [0.15, 0.2) is 0 Å². The van der Waals surface area contributed by atoms with Gasteiger partial charge in [-0.25, -0.2) is 9.97 Å². The van der Waals surface area contributed by atoms with Crippen molar-refractivity contribution < 1.29 is 14.6 Å². The van der Waals surface area contributed by atoms with Gasteiger partial charge in [0, 0.05) is 24.4 Å². The molecule has 1 N–H and O–H groups in total. The van der Waals surface area contributed by atoms with E-state index >= 15 is 0 Å². The average molecular weight is 558 g/mol. The van der Waals surface area contributed by atoms with Crippen molar-refractivity contribution >= 4 is 33.5 Å². The number of hydrogen-bond acceptors (Lipinski definition) is 4. The van der Waals surface area contributed by atoms with E-state index in [1.54, 1.807) is 13.8 Å². The van der Waals surface area contributed by atoms with Gasteiger partial charge < -0.3 is 14.4 Å². The number of imidazole rings is 1. The minimum atomic E-state index is -0.955. The third-order valence-corrected chi connectivity index (χ3v) is 7.97. The molecule has 2 heterocycles. The fourth-order valence-electron chi connectivity index (χ4n) is 5.47. The van der Waals surface area contributed by atoms with E-state index in [1.165, 1.54) is 16.7 Å². The maximum atomic E-state index is 12.0. The van der Waals surface area contributed by atoms with Crippen LogP contribution in [0.25, 0.3) is 27.5 Å². The lowest BCUT2D eigenvalue weighted by Gasteiger charge is -2.19. The molecule has 6 nitrogen and oxygen atoms in total. The van der Waals surface area contributed by atoms with E-state index in [-0.39, 0.29) is 0 Å². The Hall–Kier alpha value is -4.71. The number of carbonyl (C=O) groups is 1. The first-order chi connectivity index (χ1) is 20.2. The summed E-state index contributed by atoms with van der Waals surface area (Å²) in [5, 5.41) is 10.9. The van der Waals surface area contributed by atoms with Gasteiger partial charge in [0.2, 0.25) is 0 Å². The van der Waals surface area contributed by atoms with Gasteiger partial charge >= 0.3 is 5.97 Å². The molecular formula is C36H35N3O3. The van der Waals surface area contributed by atoms with Crippen LogP contribution < -0.4 is 4.74 Å². The molecule has 212 valence electrons. The molecule has 0 bridgehead atoms. The molecule has 0 fully saturated rings. The number of benzene rings is 3. The number of fused-ring (bicyclic) bond motifs is 2. The molecule has 0 saturated heterocycles. The molecule has 1 aliphatic carbocycles. The largest absolute Gasteiger partial charge is 0.487 e. The van der Waals surface area contributed by atoms with Crippen LogP contribution in [-0.2, 0) is 24.4 Å². The zero-order valence-corrected chi connectivity index (χ0v) is 24.3. The number of aliphatic carboxylic acids is 1. The minimum absolute atomic E-state index is 0.310. The Morgan fingerprint density at radius 1 is 0.976 bits per heavy atom. The maximum Gasteiger partial charge on any atom is 0.309 e. The smallest absolute Gasteiger partial charge is 0.309 e. The van der Waals surface area contributed by atoms with Crippen LogP contribution in [0.5, 0.6) is 5.75 Å². The fraction of sp³-hybridized carbons (Fsp3) is 0.250. The van der Waals surface area contributed by atoms with Gasteiger partial charge in [-0.1, -0.05) is 66.3 Å². The van der Waals surface area contributed by atoms with Crippen LogP contribution in [0, 0.1) is 5.41 Å². The lowest BCUT2D eigenvalue weighted by Crippen LogP contribution is -2.27. The summed E-state index contributed by atoms with van der Waals surface area (Å²) >= 11 is 0. The Kier molecular flexibility index (Phi) is 7.38. The fourth-order valence-corrected chi connectivity index (χ4v) is 5.47. The zero-order valence-electron chi connectivity index (χ0n) is 24.3. The van der Waals surface area contributed by atoms with E-state index in [4.69, 9.17) is 14.7 Å². The first-order valence-electron chi connectivity index (χ1n) is 14.4. The number of carboxylic acids is 1. The zero-order chi connectivity index (χ0) is 29.3. The first kappa shape index (κ1) is 27.5. The summed E-state index contributed by atoms with van der Waals surface area (Å²) in [7, 11) is 0. The van der Waals surface area contributed by atoms with Crippen molar-refractivity contribution in [2.75, 3.05) is 0 Å². The summed E-state index contributed by atoms with van der Waals surface area (Å²) in [6.07, 6.45) is 6.99. The highest BCUT2D eigenvalue weighted by molar-refractivity contribution is 5.80. The van der Waals surface area contributed by atoms with Crippen molar-refractivity contribution in [3.05, 3.63) is 119 Å². The molecule has 3 aromatic carbocycles. The maximum absolute atomic E-state index is 12.0. The topological polar surface area (TPSA) is 77.2 Å². The normalized spacial score (nSPS) is 13.7. The monoisotopic (exact) mass is 557 g/mol. The Labute approximate surface area is 246 Å². The van der Waals surface area contributed by atoms with E-state index in [2.05, 4.69) is 54.0 Å². The number of aromatic nitrogens is 3. The van der Waals surface area contributed by atoms with Gasteiger partial charge in [-0.2, -0.15) is 0 Å². The van der Waals surface area contributed by atoms with E-state index < -0.39 is 11.4 Å². The van der Waals surface area contributed by atoms with E-state index in [0.717, 1.165) is 51.9 Å². The molecule has 0 amide bonds. The van der Waals surface area contributed by atoms with Crippen LogP contribution in [-0.4, -0.2) is 25.6 Å². The van der Waals surface area contributed by atoms with Crippen LogP contribution >= 0.6 is 0 Å². The molecule has 0 saturated carbocycles. The molecule has 42 heavy (non-hydrogen) atoms. The van der Waals surface area contributed by atoms with Crippen molar-refractivity contribution in [3.8, 4) is 5.75 Å². The summed E-state index contributed by atoms with van der Waals surface area (Å²) in [6.45, 7) is 6.57. The van der Waals surface area contributed by atoms with Gasteiger partial charge in [-0.3, -0.25) is 4.79 Å². The van der Waals surface area contributed by atoms with Gasteiger partial charge in [-0.15, -0.1) is 0 Å². The Morgan fingerprint density at radius 3 is 2.57 bits per heavy atom. The number of allylic oxidation sites excluding steroid dienone is 4. The second-order valence-corrected chi connectivity index (χ2v) is 11.8. The summed E-state index contributed by atoms with van der Waals surface area (Å²) in [4.78, 5) is 21.6. The molecular weight excluding hydrogens is 522 g/mol. The molecule has 6 heteroatoms. The number of pyridine rings is 1. The van der Waals surface area contributed by atoms with Gasteiger partial charge in [0.25, 0.3) is 0 Å². The highest BCUT2D eigenvalue weighted by atomic mass is 16.5. The molecule has 5 aromatic rings. The van der Waals surface area contributed by atoms with Gasteiger partial charge in [0.1, 0.15) is 18.2 Å². The molecule has 6 rings (SSSR count). The summed E-state index contributed by atoms with van der Waals surface area (Å²) in [5.41, 5.74) is 7.62. The third-order valence-electron chi connectivity index (χ3n) is 7.97. The molecule has 0 aliphatic heterocycles. The highest BCUT2D eigenvalue weighted by Gasteiger charge is 2.30. The Bertz CT molecular complexity index is 1840. The molecule has 0 spiro atoms. The summed E-state index contributed by atoms with van der Waals surface area (Å²) in [6, 6.07) is 26.6. The SMILES string of the molecule is CC1=CCCC(c2ccc(Cn3c(CC(C)(C)C(=O)O)nc4cc(OCc5ccc6ccccc6n5)ccc43)cc2)=C1. The van der Waals surface area contributed by atoms with Crippen molar-refractivity contribution in [3.63, 3.8) is 0 Å². The highest BCUT2D eigenvalue weighted by Crippen LogP contribution is 2.30. The Morgan fingerprint density at radius 2 is 1.79 bits per heavy atom. The van der Waals surface area contributed by atoms with Crippen molar-refractivity contribution in [1.82, 2.24) is 14.5 Å². The number of rotatable bonds is 9. The number of para-hydroxylation sites is 1. The van der Waals surface area contributed by atoms with Crippen molar-refractivity contribution in [2.45, 2.75) is 53.2 Å². The number of nitrogens with zero attached hydrogens (tertiary/aromatic N) is 3. The van der Waals surface area contributed by atoms with Gasteiger partial charge in [0.05, 0.1) is 27.7 Å². The van der Waals surface area contributed by atoms with Crippen LogP contribution in [0.4, 0.5) is 0 Å². The van der Waals surface area contributed by atoms with Gasteiger partial charge in [-0.05, 0) is 74.6 Å². The lowest BCUT2D eigenvalue weighted by atomic mass is 9.89. The van der Waals surface area contributed by atoms with Crippen LogP contribution in [0.1, 0.15) is 56.3 Å². The Balaban J connectivity index is 1.27. The first-order valence-corrected chi connectivity index (χ1v) is 14.4. The quantitative estimate of drug-likeness (QED) is 0.199. The van der Waals surface area contributed by atoms with Crippen LogP contribution in [0.3, 0.4) is 0 Å². The predicted molar refractivity (Wildman–Crippen MR) is 167 cm³/mol. The third kappa shape index (κ3) is 5.84. The van der Waals surface area contributed by atoms with Crippen molar-refractivity contribution in [1.29, 1.82) is 0 Å². The summed E-state index contributed by atoms with van der Waals surface area (Å²) < 4.78 is 8.25. The second kappa shape index (κ2) is 11.3. The lowest BCUT2D eigenvalue weighted by molar-refractivity contribution is -0.146. The molecule has 0 atom stereocenters. The molecule has 2 aromatic heterocycles. The minimum Gasteiger partial charge on any atom is -0.487 e. The molecule has 1 aliphatic rings. The molecule has 0 radical (unpaired) electrons. The van der Waals surface area contributed by atoms with E-state index in [9.17, 15) is 9.90 Å². The summed E-state index contributed by atoms with van der Waals surface area (Å²) in [5.74, 6) is 0.591. The standard InChI is InChI=1S/C36H35N3O3/c1-24-7-6-9-28(19-24)26-13-11-25(12-14-26)22-39-33-18-17-30(20-32(33)38-34(39)21-36(2,3)35(40)41)42-23-29-16-15-27-8-4-5-10-31(27)37-29/h4-5,7-8,10-20H,6,9,21-23H2,1-3H3,(H,40,41). The number of ether oxygens (including phenoxy) is 1. The second-order valence-electron chi connectivity index (χ2n) is 11.8. The number of carboxylic acid groups (broad SMARTS) is 1. The van der Waals surface area contributed by atoms with Crippen LogP contribution in [0.15, 0.2) is 96.6 Å². The van der Waals surface area contributed by atoms with E-state index in [1.807, 2.05) is 48.5 Å². The van der Waals surface area contributed by atoms with Crippen LogP contribution in [0.2, 0.25) is 0 Å². The van der Waals surface area contributed by atoms with Crippen molar-refractivity contribution in [2.24, 2.45) is 5.41 Å². The predicted octanol–water partition coefficient (Wildman–Crippen LogP) is 7.99.